The van der Waals surface area contributed by atoms with Crippen LogP contribution in [-0.2, 0) is 14.3 Å². The van der Waals surface area contributed by atoms with Gasteiger partial charge in [-0.1, -0.05) is 346 Å². The minimum Gasteiger partial charge on any atom is -0.466 e. The molecule has 6 heteroatoms. The number of rotatable bonds is 69. The zero-order valence-corrected chi connectivity index (χ0v) is 54.3. The van der Waals surface area contributed by atoms with E-state index in [4.69, 9.17) is 4.74 Å². The predicted octanol–water partition coefficient (Wildman–Crippen LogP) is 23.7. The van der Waals surface area contributed by atoms with Gasteiger partial charge in [0.1, 0.15) is 0 Å². The third-order valence-electron chi connectivity index (χ3n) is 17.2. The Kier molecular flexibility index (Phi) is 68.4. The van der Waals surface area contributed by atoms with E-state index in [-0.39, 0.29) is 18.5 Å². The number of ether oxygens (including phenoxy) is 1. The van der Waals surface area contributed by atoms with Crippen molar-refractivity contribution in [3.8, 4) is 0 Å². The van der Waals surface area contributed by atoms with Crippen molar-refractivity contribution in [2.45, 2.75) is 424 Å². The number of nitrogens with one attached hydrogen (secondary N) is 1. The summed E-state index contributed by atoms with van der Waals surface area (Å²) in [6, 6.07) is -0.540. The molecule has 80 heavy (non-hydrogen) atoms. The highest BCUT2D eigenvalue weighted by Crippen LogP contribution is 2.19. The van der Waals surface area contributed by atoms with Gasteiger partial charge in [-0.2, -0.15) is 0 Å². The van der Waals surface area contributed by atoms with Crippen LogP contribution in [0.1, 0.15) is 412 Å². The standard InChI is InChI=1S/C74H143NO5/c1-3-5-7-9-11-13-15-17-19-20-32-36-40-44-48-52-56-60-64-68-74(79)80-69-65-61-57-53-49-45-41-37-34-31-29-27-25-23-21-22-24-26-28-30-33-35-39-43-47-51-55-59-63-67-73(78)75-71(70-76)72(77)66-62-58-54-50-46-42-38-18-16-14-12-10-8-6-4-2/h17,19,21,23,71-72,76-77H,3-16,18,20,22,24-70H2,1-2H3,(H,75,78)/b19-17-,23-21-. The Bertz CT molecular complexity index is 1250. The molecule has 0 aromatic carbocycles. The summed E-state index contributed by atoms with van der Waals surface area (Å²) < 4.78 is 5.51. The molecule has 0 aromatic rings. The normalized spacial score (nSPS) is 12.6. The summed E-state index contributed by atoms with van der Waals surface area (Å²) in [5, 5.41) is 23.3. The summed E-state index contributed by atoms with van der Waals surface area (Å²) in [6.07, 6.45) is 88.1. The van der Waals surface area contributed by atoms with Gasteiger partial charge in [0, 0.05) is 12.8 Å². The Balaban J connectivity index is 3.35. The number of unbranched alkanes of at least 4 members (excludes halogenated alkanes) is 54. The van der Waals surface area contributed by atoms with Crippen molar-refractivity contribution in [3.63, 3.8) is 0 Å². The van der Waals surface area contributed by atoms with E-state index in [1.165, 1.54) is 340 Å². The molecule has 0 rings (SSSR count). The minimum atomic E-state index is -0.663. The number of aliphatic hydroxyl groups excluding tert-OH is 2. The van der Waals surface area contributed by atoms with Crippen LogP contribution in [0.2, 0.25) is 0 Å². The summed E-state index contributed by atoms with van der Waals surface area (Å²) >= 11 is 0. The largest absolute Gasteiger partial charge is 0.466 e. The first kappa shape index (κ1) is 78.3. The second kappa shape index (κ2) is 69.8. The Labute approximate surface area is 501 Å². The van der Waals surface area contributed by atoms with Gasteiger partial charge in [0.2, 0.25) is 5.91 Å². The van der Waals surface area contributed by atoms with Crippen molar-refractivity contribution >= 4 is 11.9 Å². The van der Waals surface area contributed by atoms with Crippen LogP contribution in [0, 0.1) is 0 Å². The lowest BCUT2D eigenvalue weighted by molar-refractivity contribution is -0.143. The van der Waals surface area contributed by atoms with Crippen molar-refractivity contribution in [1.82, 2.24) is 5.32 Å². The minimum absolute atomic E-state index is 0.0169. The van der Waals surface area contributed by atoms with Crippen molar-refractivity contribution in [2.75, 3.05) is 13.2 Å². The highest BCUT2D eigenvalue weighted by molar-refractivity contribution is 5.76. The lowest BCUT2D eigenvalue weighted by atomic mass is 10.0. The highest BCUT2D eigenvalue weighted by Gasteiger charge is 2.20. The average Bonchev–Trinajstić information content (AvgIpc) is 3.46. The van der Waals surface area contributed by atoms with Crippen LogP contribution in [0.15, 0.2) is 24.3 Å². The number of amides is 1. The van der Waals surface area contributed by atoms with E-state index in [1.807, 2.05) is 0 Å². The molecule has 2 unspecified atom stereocenters. The van der Waals surface area contributed by atoms with Gasteiger partial charge >= 0.3 is 5.97 Å². The van der Waals surface area contributed by atoms with Crippen LogP contribution in [0.3, 0.4) is 0 Å². The quantitative estimate of drug-likeness (QED) is 0.0320. The molecule has 0 radical (unpaired) electrons. The fraction of sp³-hybridized carbons (Fsp3) is 0.919. The van der Waals surface area contributed by atoms with Crippen LogP contribution in [0.25, 0.3) is 0 Å². The Morgan fingerprint density at radius 1 is 0.338 bits per heavy atom. The van der Waals surface area contributed by atoms with Crippen molar-refractivity contribution < 1.29 is 24.5 Å². The Hall–Kier alpha value is -1.66. The van der Waals surface area contributed by atoms with Crippen LogP contribution >= 0.6 is 0 Å². The molecule has 1 amide bonds. The van der Waals surface area contributed by atoms with E-state index in [1.54, 1.807) is 0 Å². The molecule has 0 spiro atoms. The van der Waals surface area contributed by atoms with Gasteiger partial charge in [0.15, 0.2) is 0 Å². The molecule has 0 aliphatic rings. The summed E-state index contributed by atoms with van der Waals surface area (Å²) in [5.74, 6) is -0.0142. The van der Waals surface area contributed by atoms with E-state index in [0.29, 0.717) is 25.9 Å². The van der Waals surface area contributed by atoms with Gasteiger partial charge in [-0.15, -0.1) is 0 Å². The fourth-order valence-corrected chi connectivity index (χ4v) is 11.6. The van der Waals surface area contributed by atoms with Gasteiger partial charge in [-0.25, -0.2) is 0 Å². The van der Waals surface area contributed by atoms with E-state index >= 15 is 0 Å². The third kappa shape index (κ3) is 65.5. The molecule has 0 saturated carbocycles. The van der Waals surface area contributed by atoms with Crippen molar-refractivity contribution in [2.24, 2.45) is 0 Å². The second-order valence-corrected chi connectivity index (χ2v) is 25.3. The Morgan fingerprint density at radius 2 is 0.588 bits per heavy atom. The van der Waals surface area contributed by atoms with E-state index in [2.05, 4.69) is 43.5 Å². The monoisotopic (exact) mass is 1130 g/mol. The van der Waals surface area contributed by atoms with Crippen molar-refractivity contribution in [1.29, 1.82) is 0 Å². The Morgan fingerprint density at radius 3 is 0.887 bits per heavy atom. The van der Waals surface area contributed by atoms with Gasteiger partial charge in [0.25, 0.3) is 0 Å². The predicted molar refractivity (Wildman–Crippen MR) is 352 cm³/mol. The van der Waals surface area contributed by atoms with E-state index < -0.39 is 12.1 Å². The first-order valence-electron chi connectivity index (χ1n) is 36.6. The van der Waals surface area contributed by atoms with Crippen molar-refractivity contribution in [3.05, 3.63) is 24.3 Å². The number of aliphatic hydroxyl groups is 2. The molecular formula is C74H143NO5. The fourth-order valence-electron chi connectivity index (χ4n) is 11.6. The SMILES string of the molecule is CCCCCCCC/C=C\CCCCCCCCCCCC(=O)OCCCCCCCCCCCCCC/C=C\CCCCCCCCCCCCCCCC(=O)NC(CO)C(O)CCCCCCCCCCCCCCCCC. The molecule has 474 valence electrons. The topological polar surface area (TPSA) is 95.9 Å². The maximum atomic E-state index is 12.5. The molecule has 0 aliphatic heterocycles. The number of hydrogen-bond acceptors (Lipinski definition) is 5. The van der Waals surface area contributed by atoms with E-state index in [9.17, 15) is 19.8 Å². The average molecular weight is 1130 g/mol. The first-order valence-corrected chi connectivity index (χ1v) is 36.6. The number of carbonyl (C=O) groups is 2. The maximum Gasteiger partial charge on any atom is 0.305 e. The summed E-state index contributed by atoms with van der Waals surface area (Å²) in [6.45, 7) is 4.99. The van der Waals surface area contributed by atoms with Crippen LogP contribution in [0.5, 0.6) is 0 Å². The van der Waals surface area contributed by atoms with Gasteiger partial charge < -0.3 is 20.3 Å². The van der Waals surface area contributed by atoms with Gasteiger partial charge in [-0.3, -0.25) is 9.59 Å². The molecule has 0 heterocycles. The van der Waals surface area contributed by atoms with E-state index in [0.717, 1.165) is 38.5 Å². The highest BCUT2D eigenvalue weighted by atomic mass is 16.5. The molecule has 0 aromatic heterocycles. The van der Waals surface area contributed by atoms with Crippen LogP contribution in [0.4, 0.5) is 0 Å². The molecular weight excluding hydrogens is 983 g/mol. The molecule has 3 N–H and O–H groups in total. The van der Waals surface area contributed by atoms with Crippen LogP contribution in [-0.4, -0.2) is 47.4 Å². The molecule has 0 bridgehead atoms. The number of esters is 1. The summed E-state index contributed by atoms with van der Waals surface area (Å²) in [7, 11) is 0. The summed E-state index contributed by atoms with van der Waals surface area (Å²) in [5.41, 5.74) is 0. The van der Waals surface area contributed by atoms with Crippen LogP contribution < -0.4 is 5.32 Å². The molecule has 2 atom stereocenters. The molecule has 6 nitrogen and oxygen atoms in total. The lowest BCUT2D eigenvalue weighted by Gasteiger charge is -2.22. The van der Waals surface area contributed by atoms with Gasteiger partial charge in [-0.05, 0) is 77.0 Å². The first-order chi connectivity index (χ1) is 39.5. The smallest absolute Gasteiger partial charge is 0.305 e. The lowest BCUT2D eigenvalue weighted by Crippen LogP contribution is -2.45. The zero-order valence-electron chi connectivity index (χ0n) is 54.3. The molecule has 0 saturated heterocycles. The van der Waals surface area contributed by atoms with Gasteiger partial charge in [0.05, 0.1) is 25.4 Å². The number of allylic oxidation sites excluding steroid dienone is 4. The molecule has 0 aliphatic carbocycles. The zero-order chi connectivity index (χ0) is 57.8. The number of carbonyl (C=O) groups excluding carboxylic acids is 2. The summed E-state index contributed by atoms with van der Waals surface area (Å²) in [4.78, 5) is 24.6. The number of hydrogen-bond donors (Lipinski definition) is 3. The second-order valence-electron chi connectivity index (χ2n) is 25.3. The molecule has 0 fully saturated rings. The maximum absolute atomic E-state index is 12.5. The third-order valence-corrected chi connectivity index (χ3v) is 17.2.